The van der Waals surface area contributed by atoms with Gasteiger partial charge < -0.3 is 20.1 Å². The van der Waals surface area contributed by atoms with E-state index in [1.165, 1.54) is 11.3 Å². The van der Waals surface area contributed by atoms with Crippen LogP contribution < -0.4 is 20.1 Å². The van der Waals surface area contributed by atoms with Gasteiger partial charge in [0.25, 0.3) is 5.91 Å². The zero-order valence-corrected chi connectivity index (χ0v) is 14.6. The Bertz CT molecular complexity index is 711. The molecule has 1 aromatic heterocycles. The SMILES string of the molecule is COc1ccc(CNC(=O)c2csc(C3CCCN3)n2)c(OC)c1. The average molecular weight is 347 g/mol. The first-order chi connectivity index (χ1) is 11.7. The van der Waals surface area contributed by atoms with Crippen LogP contribution in [0, 0.1) is 0 Å². The molecule has 6 nitrogen and oxygen atoms in total. The topological polar surface area (TPSA) is 72.5 Å². The molecule has 0 saturated carbocycles. The van der Waals surface area contributed by atoms with Gasteiger partial charge in [-0.1, -0.05) is 0 Å². The molecule has 1 amide bonds. The van der Waals surface area contributed by atoms with E-state index in [-0.39, 0.29) is 5.91 Å². The van der Waals surface area contributed by atoms with Crippen LogP contribution in [0.5, 0.6) is 11.5 Å². The summed E-state index contributed by atoms with van der Waals surface area (Å²) in [6, 6.07) is 5.82. The molecule has 2 N–H and O–H groups in total. The second-order valence-corrected chi connectivity index (χ2v) is 6.47. The molecule has 1 aliphatic rings. The molecule has 0 radical (unpaired) electrons. The van der Waals surface area contributed by atoms with Gasteiger partial charge in [-0.05, 0) is 31.5 Å². The molecule has 1 unspecified atom stereocenters. The molecule has 7 heteroatoms. The van der Waals surface area contributed by atoms with Gasteiger partial charge in [-0.2, -0.15) is 0 Å². The predicted molar refractivity (Wildman–Crippen MR) is 92.8 cm³/mol. The molecule has 24 heavy (non-hydrogen) atoms. The zero-order chi connectivity index (χ0) is 16.9. The summed E-state index contributed by atoms with van der Waals surface area (Å²) in [7, 11) is 3.21. The Morgan fingerprint density at radius 3 is 3.00 bits per heavy atom. The molecule has 1 atom stereocenters. The third kappa shape index (κ3) is 3.68. The fourth-order valence-corrected chi connectivity index (χ4v) is 3.62. The van der Waals surface area contributed by atoms with E-state index >= 15 is 0 Å². The maximum absolute atomic E-state index is 12.3. The number of nitrogens with one attached hydrogen (secondary N) is 2. The third-order valence-electron chi connectivity index (χ3n) is 4.05. The molecule has 128 valence electrons. The standard InChI is InChI=1S/C17H21N3O3S/c1-22-12-6-5-11(15(8-12)23-2)9-19-16(21)14-10-24-17(20-14)13-4-3-7-18-13/h5-6,8,10,13,18H,3-4,7,9H2,1-2H3,(H,19,21). The van der Waals surface area contributed by atoms with Gasteiger partial charge >= 0.3 is 0 Å². The number of rotatable bonds is 6. The number of thiazole rings is 1. The molecule has 1 saturated heterocycles. The average Bonchev–Trinajstić information content (AvgIpc) is 3.30. The molecule has 0 aliphatic carbocycles. The largest absolute Gasteiger partial charge is 0.497 e. The van der Waals surface area contributed by atoms with E-state index in [0.717, 1.165) is 35.7 Å². The van der Waals surface area contributed by atoms with Crippen LogP contribution in [0.2, 0.25) is 0 Å². The van der Waals surface area contributed by atoms with Crippen molar-refractivity contribution in [1.29, 1.82) is 0 Å². The Morgan fingerprint density at radius 2 is 2.29 bits per heavy atom. The minimum Gasteiger partial charge on any atom is -0.497 e. The highest BCUT2D eigenvalue weighted by atomic mass is 32.1. The number of methoxy groups -OCH3 is 2. The van der Waals surface area contributed by atoms with Gasteiger partial charge in [0.2, 0.25) is 0 Å². The Kier molecular flexibility index (Phi) is 5.32. The predicted octanol–water partition coefficient (Wildman–Crippen LogP) is 2.51. The van der Waals surface area contributed by atoms with Gasteiger partial charge in [-0.15, -0.1) is 11.3 Å². The number of amides is 1. The lowest BCUT2D eigenvalue weighted by Gasteiger charge is -2.11. The van der Waals surface area contributed by atoms with Crippen LogP contribution in [0.15, 0.2) is 23.6 Å². The van der Waals surface area contributed by atoms with E-state index in [9.17, 15) is 4.79 Å². The van der Waals surface area contributed by atoms with Gasteiger partial charge in [0.05, 0.1) is 20.3 Å². The first-order valence-electron chi connectivity index (χ1n) is 7.89. The normalized spacial score (nSPS) is 16.8. The summed E-state index contributed by atoms with van der Waals surface area (Å²) in [4.78, 5) is 16.8. The van der Waals surface area contributed by atoms with Crippen LogP contribution >= 0.6 is 11.3 Å². The van der Waals surface area contributed by atoms with Gasteiger partial charge in [0, 0.05) is 23.6 Å². The van der Waals surface area contributed by atoms with E-state index in [4.69, 9.17) is 9.47 Å². The van der Waals surface area contributed by atoms with Crippen LogP contribution in [-0.4, -0.2) is 31.7 Å². The van der Waals surface area contributed by atoms with E-state index in [1.807, 2.05) is 17.5 Å². The van der Waals surface area contributed by atoms with Crippen LogP contribution in [0.25, 0.3) is 0 Å². The van der Waals surface area contributed by atoms with Crippen LogP contribution in [0.3, 0.4) is 0 Å². The lowest BCUT2D eigenvalue weighted by atomic mass is 10.2. The van der Waals surface area contributed by atoms with Crippen LogP contribution in [0.4, 0.5) is 0 Å². The molecule has 0 spiro atoms. The van der Waals surface area contributed by atoms with Crippen molar-refractivity contribution in [2.75, 3.05) is 20.8 Å². The van der Waals surface area contributed by atoms with E-state index in [1.54, 1.807) is 20.3 Å². The van der Waals surface area contributed by atoms with Crippen molar-refractivity contribution >= 4 is 17.2 Å². The van der Waals surface area contributed by atoms with E-state index in [0.29, 0.717) is 24.0 Å². The van der Waals surface area contributed by atoms with Gasteiger partial charge in [0.1, 0.15) is 22.2 Å². The number of carbonyl (C=O) groups excluding carboxylic acids is 1. The Hall–Kier alpha value is -2.12. The number of benzene rings is 1. The molecule has 1 aromatic carbocycles. The maximum atomic E-state index is 12.3. The maximum Gasteiger partial charge on any atom is 0.271 e. The lowest BCUT2D eigenvalue weighted by molar-refractivity contribution is 0.0946. The molecule has 2 heterocycles. The number of hydrogen-bond acceptors (Lipinski definition) is 6. The fraction of sp³-hybridized carbons (Fsp3) is 0.412. The van der Waals surface area contributed by atoms with Crippen molar-refractivity contribution in [3.63, 3.8) is 0 Å². The number of nitrogens with zero attached hydrogens (tertiary/aromatic N) is 1. The Morgan fingerprint density at radius 1 is 1.42 bits per heavy atom. The van der Waals surface area contributed by atoms with Gasteiger partial charge in [0.15, 0.2) is 0 Å². The first kappa shape index (κ1) is 16.7. The summed E-state index contributed by atoms with van der Waals surface area (Å²) < 4.78 is 10.5. The lowest BCUT2D eigenvalue weighted by Crippen LogP contribution is -2.23. The summed E-state index contributed by atoms with van der Waals surface area (Å²) in [6.45, 7) is 1.39. The fourth-order valence-electron chi connectivity index (χ4n) is 2.71. The van der Waals surface area contributed by atoms with Crippen molar-refractivity contribution in [1.82, 2.24) is 15.6 Å². The number of aromatic nitrogens is 1. The van der Waals surface area contributed by atoms with Crippen molar-refractivity contribution in [3.05, 3.63) is 39.8 Å². The van der Waals surface area contributed by atoms with Crippen molar-refractivity contribution in [2.24, 2.45) is 0 Å². The second-order valence-electron chi connectivity index (χ2n) is 5.58. The molecular weight excluding hydrogens is 326 g/mol. The highest BCUT2D eigenvalue weighted by molar-refractivity contribution is 7.09. The monoisotopic (exact) mass is 347 g/mol. The summed E-state index contributed by atoms with van der Waals surface area (Å²) >= 11 is 1.53. The summed E-state index contributed by atoms with van der Waals surface area (Å²) in [6.07, 6.45) is 2.24. The van der Waals surface area contributed by atoms with Gasteiger partial charge in [-0.25, -0.2) is 4.98 Å². The zero-order valence-electron chi connectivity index (χ0n) is 13.8. The first-order valence-corrected chi connectivity index (χ1v) is 8.77. The molecule has 3 rings (SSSR count). The summed E-state index contributed by atoms with van der Waals surface area (Å²) in [5.74, 6) is 1.23. The van der Waals surface area contributed by atoms with E-state index in [2.05, 4.69) is 15.6 Å². The van der Waals surface area contributed by atoms with Crippen LogP contribution in [-0.2, 0) is 6.54 Å². The second kappa shape index (κ2) is 7.63. The summed E-state index contributed by atoms with van der Waals surface area (Å²) in [5.41, 5.74) is 1.36. The summed E-state index contributed by atoms with van der Waals surface area (Å²) in [5, 5.41) is 9.09. The van der Waals surface area contributed by atoms with Crippen molar-refractivity contribution in [2.45, 2.75) is 25.4 Å². The number of hydrogen-bond donors (Lipinski definition) is 2. The highest BCUT2D eigenvalue weighted by Gasteiger charge is 2.21. The molecular formula is C17H21N3O3S. The van der Waals surface area contributed by atoms with Crippen LogP contribution in [0.1, 0.15) is 39.9 Å². The van der Waals surface area contributed by atoms with Gasteiger partial charge in [-0.3, -0.25) is 4.79 Å². The minimum absolute atomic E-state index is 0.173. The highest BCUT2D eigenvalue weighted by Crippen LogP contribution is 2.26. The molecule has 0 bridgehead atoms. The molecule has 1 aliphatic heterocycles. The van der Waals surface area contributed by atoms with E-state index < -0.39 is 0 Å². The number of carbonyl (C=O) groups is 1. The minimum atomic E-state index is -0.173. The third-order valence-corrected chi connectivity index (χ3v) is 5.01. The smallest absolute Gasteiger partial charge is 0.271 e. The van der Waals surface area contributed by atoms with Crippen molar-refractivity contribution in [3.8, 4) is 11.5 Å². The van der Waals surface area contributed by atoms with Crippen molar-refractivity contribution < 1.29 is 14.3 Å². The Balaban J connectivity index is 1.63. The Labute approximate surface area is 145 Å². The molecule has 1 fully saturated rings. The number of ether oxygens (including phenoxy) is 2. The quantitative estimate of drug-likeness (QED) is 0.840. The molecule has 2 aromatic rings.